The highest BCUT2D eigenvalue weighted by Gasteiger charge is 2.16. The highest BCUT2D eigenvalue weighted by Crippen LogP contribution is 2.25. The predicted octanol–water partition coefficient (Wildman–Crippen LogP) is 2.73. The van der Waals surface area contributed by atoms with Crippen LogP contribution in [0.3, 0.4) is 0 Å². The molecule has 2 rings (SSSR count). The van der Waals surface area contributed by atoms with Crippen molar-refractivity contribution in [2.45, 2.75) is 32.9 Å². The van der Waals surface area contributed by atoms with Gasteiger partial charge in [-0.05, 0) is 50.1 Å². The second kappa shape index (κ2) is 6.50. The van der Waals surface area contributed by atoms with E-state index in [1.807, 2.05) is 57.2 Å². The van der Waals surface area contributed by atoms with Gasteiger partial charge in [0.1, 0.15) is 5.75 Å². The molecule has 0 radical (unpaired) electrons. The summed E-state index contributed by atoms with van der Waals surface area (Å²) in [7, 11) is 0. The molecule has 0 spiro atoms. The summed E-state index contributed by atoms with van der Waals surface area (Å²) in [6.45, 7) is 6.05. The van der Waals surface area contributed by atoms with Crippen LogP contribution in [0.4, 0.5) is 0 Å². The first kappa shape index (κ1) is 14.5. The number of hydrogen-bond donors (Lipinski definition) is 2. The van der Waals surface area contributed by atoms with Crippen LogP contribution in [0.25, 0.3) is 0 Å². The van der Waals surface area contributed by atoms with Crippen molar-refractivity contribution in [2.75, 3.05) is 0 Å². The number of aromatic nitrogens is 1. The van der Waals surface area contributed by atoms with Crippen LogP contribution >= 0.6 is 0 Å². The Labute approximate surface area is 120 Å². The summed E-state index contributed by atoms with van der Waals surface area (Å²) in [6.07, 6.45) is 1.92. The molecule has 1 aromatic heterocycles. The third-order valence-electron chi connectivity index (χ3n) is 3.05. The summed E-state index contributed by atoms with van der Waals surface area (Å²) < 4.78 is 5.73. The van der Waals surface area contributed by atoms with E-state index >= 15 is 0 Å². The molecule has 0 aliphatic rings. The molecule has 106 valence electrons. The molecule has 0 amide bonds. The molecule has 1 heterocycles. The van der Waals surface area contributed by atoms with Crippen molar-refractivity contribution in [3.05, 3.63) is 59.4 Å². The summed E-state index contributed by atoms with van der Waals surface area (Å²) in [4.78, 5) is 4.43. The Balaban J connectivity index is 2.35. The van der Waals surface area contributed by atoms with Crippen molar-refractivity contribution in [1.82, 2.24) is 10.4 Å². The van der Waals surface area contributed by atoms with E-state index in [4.69, 9.17) is 10.6 Å². The highest BCUT2D eigenvalue weighted by molar-refractivity contribution is 5.36. The van der Waals surface area contributed by atoms with Gasteiger partial charge in [0.25, 0.3) is 0 Å². The van der Waals surface area contributed by atoms with Crippen LogP contribution in [-0.4, -0.2) is 11.1 Å². The summed E-state index contributed by atoms with van der Waals surface area (Å²) in [5.41, 5.74) is 5.90. The number of pyridine rings is 1. The minimum atomic E-state index is -0.146. The summed E-state index contributed by atoms with van der Waals surface area (Å²) in [5, 5.41) is 0. The van der Waals surface area contributed by atoms with E-state index in [-0.39, 0.29) is 12.1 Å². The molecular formula is C16H21N3O. The van der Waals surface area contributed by atoms with E-state index < -0.39 is 0 Å². The molecule has 0 saturated heterocycles. The summed E-state index contributed by atoms with van der Waals surface area (Å²) in [5.74, 6) is 6.57. The lowest BCUT2D eigenvalue weighted by molar-refractivity contribution is 0.242. The smallest absolute Gasteiger partial charge is 0.120 e. The number of benzene rings is 1. The third-order valence-corrected chi connectivity index (χ3v) is 3.05. The number of aryl methyl sites for hydroxylation is 1. The Morgan fingerprint density at radius 3 is 2.65 bits per heavy atom. The molecule has 0 aliphatic heterocycles. The van der Waals surface area contributed by atoms with E-state index in [1.54, 1.807) is 6.20 Å². The number of rotatable bonds is 5. The van der Waals surface area contributed by atoms with Crippen molar-refractivity contribution in [3.63, 3.8) is 0 Å². The number of hydrogen-bond acceptors (Lipinski definition) is 4. The number of nitrogens with zero attached hydrogens (tertiary/aromatic N) is 1. The van der Waals surface area contributed by atoms with Gasteiger partial charge < -0.3 is 4.74 Å². The number of nitrogens with one attached hydrogen (secondary N) is 1. The molecule has 3 N–H and O–H groups in total. The Morgan fingerprint density at radius 1 is 1.20 bits per heavy atom. The molecular weight excluding hydrogens is 250 g/mol. The zero-order valence-electron chi connectivity index (χ0n) is 12.1. The highest BCUT2D eigenvalue weighted by atomic mass is 16.5. The van der Waals surface area contributed by atoms with Gasteiger partial charge in [-0.3, -0.25) is 10.8 Å². The van der Waals surface area contributed by atoms with Crippen molar-refractivity contribution in [1.29, 1.82) is 0 Å². The second-order valence-electron chi connectivity index (χ2n) is 5.04. The van der Waals surface area contributed by atoms with Gasteiger partial charge in [0, 0.05) is 6.20 Å². The number of hydrazine groups is 1. The molecule has 1 unspecified atom stereocenters. The standard InChI is InChI=1S/C16H21N3O/c1-11(2)20-14-8-4-7-13(10-14)16(19-17)15-12(3)6-5-9-18-15/h4-11,16,19H,17H2,1-3H3. The number of nitrogens with two attached hydrogens (primary N) is 1. The van der Waals surface area contributed by atoms with Crippen LogP contribution in [0.2, 0.25) is 0 Å². The SMILES string of the molecule is Cc1cccnc1C(NN)c1cccc(OC(C)C)c1. The van der Waals surface area contributed by atoms with E-state index in [1.165, 1.54) is 0 Å². The minimum Gasteiger partial charge on any atom is -0.491 e. The lowest BCUT2D eigenvalue weighted by Gasteiger charge is -2.19. The molecule has 4 heteroatoms. The van der Waals surface area contributed by atoms with Crippen LogP contribution in [0.1, 0.15) is 36.7 Å². The maximum absolute atomic E-state index is 5.73. The lowest BCUT2D eigenvalue weighted by Crippen LogP contribution is -2.30. The van der Waals surface area contributed by atoms with Crippen LogP contribution < -0.4 is 16.0 Å². The largest absolute Gasteiger partial charge is 0.491 e. The summed E-state index contributed by atoms with van der Waals surface area (Å²) >= 11 is 0. The maximum Gasteiger partial charge on any atom is 0.120 e. The van der Waals surface area contributed by atoms with E-state index in [0.29, 0.717) is 0 Å². The Hall–Kier alpha value is -1.91. The van der Waals surface area contributed by atoms with Crippen LogP contribution in [-0.2, 0) is 0 Å². The average molecular weight is 271 g/mol. The molecule has 0 saturated carbocycles. The van der Waals surface area contributed by atoms with Gasteiger partial charge in [-0.25, -0.2) is 5.43 Å². The van der Waals surface area contributed by atoms with E-state index in [2.05, 4.69) is 10.4 Å². The summed E-state index contributed by atoms with van der Waals surface area (Å²) in [6, 6.07) is 11.7. The molecule has 20 heavy (non-hydrogen) atoms. The molecule has 0 aliphatic carbocycles. The van der Waals surface area contributed by atoms with Crippen molar-refractivity contribution < 1.29 is 4.74 Å². The van der Waals surface area contributed by atoms with E-state index in [0.717, 1.165) is 22.6 Å². The second-order valence-corrected chi connectivity index (χ2v) is 5.04. The van der Waals surface area contributed by atoms with Gasteiger partial charge in [-0.1, -0.05) is 18.2 Å². The van der Waals surface area contributed by atoms with Crippen molar-refractivity contribution in [3.8, 4) is 5.75 Å². The van der Waals surface area contributed by atoms with E-state index in [9.17, 15) is 0 Å². The maximum atomic E-state index is 5.73. The third kappa shape index (κ3) is 3.35. The molecule has 0 fully saturated rings. The zero-order valence-corrected chi connectivity index (χ0v) is 12.1. The lowest BCUT2D eigenvalue weighted by atomic mass is 10.0. The Morgan fingerprint density at radius 2 is 2.00 bits per heavy atom. The Bertz CT molecular complexity index is 569. The zero-order chi connectivity index (χ0) is 14.5. The molecule has 2 aromatic rings. The van der Waals surface area contributed by atoms with Crippen LogP contribution in [0.5, 0.6) is 5.75 Å². The first-order chi connectivity index (χ1) is 9.61. The van der Waals surface area contributed by atoms with Gasteiger partial charge in [0.2, 0.25) is 0 Å². The normalized spacial score (nSPS) is 12.4. The molecule has 0 bridgehead atoms. The quantitative estimate of drug-likeness (QED) is 0.648. The fourth-order valence-electron chi connectivity index (χ4n) is 2.17. The molecule has 1 atom stereocenters. The van der Waals surface area contributed by atoms with Crippen LogP contribution in [0, 0.1) is 6.92 Å². The van der Waals surface area contributed by atoms with Gasteiger partial charge in [-0.15, -0.1) is 0 Å². The first-order valence-corrected chi connectivity index (χ1v) is 6.76. The first-order valence-electron chi connectivity index (χ1n) is 6.76. The van der Waals surface area contributed by atoms with Crippen molar-refractivity contribution >= 4 is 0 Å². The topological polar surface area (TPSA) is 60.2 Å². The minimum absolute atomic E-state index is 0.145. The fourth-order valence-corrected chi connectivity index (χ4v) is 2.17. The van der Waals surface area contributed by atoms with Crippen molar-refractivity contribution in [2.24, 2.45) is 5.84 Å². The van der Waals surface area contributed by atoms with Gasteiger partial charge in [0.05, 0.1) is 17.8 Å². The monoisotopic (exact) mass is 271 g/mol. The predicted molar refractivity (Wildman–Crippen MR) is 80.3 cm³/mol. The van der Waals surface area contributed by atoms with Gasteiger partial charge in [-0.2, -0.15) is 0 Å². The molecule has 4 nitrogen and oxygen atoms in total. The Kier molecular flexibility index (Phi) is 4.71. The molecule has 1 aromatic carbocycles. The van der Waals surface area contributed by atoms with Gasteiger partial charge >= 0.3 is 0 Å². The van der Waals surface area contributed by atoms with Crippen LogP contribution in [0.15, 0.2) is 42.6 Å². The fraction of sp³-hybridized carbons (Fsp3) is 0.312. The van der Waals surface area contributed by atoms with Gasteiger partial charge in [0.15, 0.2) is 0 Å². The number of ether oxygens (including phenoxy) is 1. The average Bonchev–Trinajstić information content (AvgIpc) is 2.41.